The van der Waals surface area contributed by atoms with Gasteiger partial charge in [0, 0.05) is 18.7 Å². The molecule has 158 valence electrons. The Kier molecular flexibility index (Phi) is 6.33. The Labute approximate surface area is 177 Å². The molecule has 6 nitrogen and oxygen atoms in total. The highest BCUT2D eigenvalue weighted by Crippen LogP contribution is 2.33. The van der Waals surface area contributed by atoms with Gasteiger partial charge in [0.05, 0.1) is 12.2 Å². The molecule has 1 fully saturated rings. The van der Waals surface area contributed by atoms with Crippen LogP contribution in [0.25, 0.3) is 0 Å². The second-order valence-corrected chi connectivity index (χ2v) is 8.10. The molecule has 30 heavy (non-hydrogen) atoms. The molecule has 6 heteroatoms. The Hall–Kier alpha value is -2.86. The number of amides is 2. The Morgan fingerprint density at radius 1 is 1.10 bits per heavy atom. The van der Waals surface area contributed by atoms with Crippen molar-refractivity contribution in [1.82, 2.24) is 10.2 Å². The van der Waals surface area contributed by atoms with E-state index in [-0.39, 0.29) is 18.4 Å². The van der Waals surface area contributed by atoms with Crippen LogP contribution in [0, 0.1) is 6.92 Å². The fourth-order valence-corrected chi connectivity index (χ4v) is 4.09. The average Bonchev–Trinajstić information content (AvgIpc) is 2.77. The predicted octanol–water partition coefficient (Wildman–Crippen LogP) is 3.14. The molecular formula is C24H29N3O3. The lowest BCUT2D eigenvalue weighted by Crippen LogP contribution is -2.38. The van der Waals surface area contributed by atoms with E-state index in [1.54, 1.807) is 4.90 Å². The monoisotopic (exact) mass is 407 g/mol. The van der Waals surface area contributed by atoms with Crippen LogP contribution in [0.5, 0.6) is 5.75 Å². The van der Waals surface area contributed by atoms with Crippen LogP contribution in [-0.4, -0.2) is 49.5 Å². The van der Waals surface area contributed by atoms with Crippen molar-refractivity contribution >= 4 is 17.5 Å². The molecule has 2 amide bonds. The summed E-state index contributed by atoms with van der Waals surface area (Å²) >= 11 is 0. The van der Waals surface area contributed by atoms with Crippen LogP contribution in [0.4, 0.5) is 5.69 Å². The highest BCUT2D eigenvalue weighted by atomic mass is 16.5. The minimum atomic E-state index is -0.0792. The number of likely N-dealkylation sites (tertiary alicyclic amines) is 1. The molecule has 2 aliphatic heterocycles. The second kappa shape index (κ2) is 9.30. The zero-order valence-corrected chi connectivity index (χ0v) is 17.5. The van der Waals surface area contributed by atoms with Gasteiger partial charge in [-0.25, -0.2) is 0 Å². The molecule has 0 spiro atoms. The third-order valence-electron chi connectivity index (χ3n) is 5.75. The maximum Gasteiger partial charge on any atom is 0.265 e. The lowest BCUT2D eigenvalue weighted by molar-refractivity contribution is -0.121. The number of nitrogens with zero attached hydrogens (tertiary/aromatic N) is 2. The number of ether oxygens (including phenoxy) is 1. The molecule has 0 atom stereocenters. The number of piperidine rings is 1. The van der Waals surface area contributed by atoms with Crippen molar-refractivity contribution in [3.05, 3.63) is 59.2 Å². The number of hydrogen-bond acceptors (Lipinski definition) is 4. The molecule has 0 bridgehead atoms. The first-order valence-corrected chi connectivity index (χ1v) is 10.7. The fourth-order valence-electron chi connectivity index (χ4n) is 4.09. The first-order chi connectivity index (χ1) is 14.6. The standard InChI is InChI=1S/C24H29N3O3/c1-18-8-9-22-21(14-18)27(23(28)17-30-22)16-19-6-5-7-20(15-19)24(29)25-10-13-26-11-3-2-4-12-26/h5-9,14-15H,2-4,10-13,16-17H2,1H3,(H,25,29). The number of anilines is 1. The quantitative estimate of drug-likeness (QED) is 0.799. The van der Waals surface area contributed by atoms with Crippen molar-refractivity contribution in [2.75, 3.05) is 37.7 Å². The van der Waals surface area contributed by atoms with E-state index < -0.39 is 0 Å². The van der Waals surface area contributed by atoms with E-state index in [9.17, 15) is 9.59 Å². The molecule has 1 N–H and O–H groups in total. The molecule has 0 aliphatic carbocycles. The molecule has 2 aliphatic rings. The summed E-state index contributed by atoms with van der Waals surface area (Å²) in [6.07, 6.45) is 3.81. The Bertz CT molecular complexity index is 922. The zero-order chi connectivity index (χ0) is 20.9. The van der Waals surface area contributed by atoms with Gasteiger partial charge in [0.15, 0.2) is 6.61 Å². The molecular weight excluding hydrogens is 378 g/mol. The number of benzene rings is 2. The van der Waals surface area contributed by atoms with Gasteiger partial charge in [0.1, 0.15) is 5.75 Å². The normalized spacial score (nSPS) is 16.7. The van der Waals surface area contributed by atoms with Crippen molar-refractivity contribution < 1.29 is 14.3 Å². The van der Waals surface area contributed by atoms with Crippen molar-refractivity contribution in [2.24, 2.45) is 0 Å². The average molecular weight is 408 g/mol. The topological polar surface area (TPSA) is 61.9 Å². The Balaban J connectivity index is 1.40. The van der Waals surface area contributed by atoms with Gasteiger partial charge in [0.2, 0.25) is 0 Å². The van der Waals surface area contributed by atoms with Gasteiger partial charge >= 0.3 is 0 Å². The molecule has 0 unspecified atom stereocenters. The van der Waals surface area contributed by atoms with Gasteiger partial charge < -0.3 is 19.9 Å². The van der Waals surface area contributed by atoms with Gasteiger partial charge in [-0.05, 0) is 68.2 Å². The molecule has 0 saturated carbocycles. The van der Waals surface area contributed by atoms with E-state index in [4.69, 9.17) is 4.74 Å². The molecule has 2 aromatic carbocycles. The molecule has 0 radical (unpaired) electrons. The van der Waals surface area contributed by atoms with Crippen LogP contribution >= 0.6 is 0 Å². The summed E-state index contributed by atoms with van der Waals surface area (Å²) in [6, 6.07) is 13.3. The largest absolute Gasteiger partial charge is 0.482 e. The lowest BCUT2D eigenvalue weighted by Gasteiger charge is -2.30. The molecule has 2 aromatic rings. The summed E-state index contributed by atoms with van der Waals surface area (Å²) in [5, 5.41) is 3.03. The number of fused-ring (bicyclic) bond motifs is 1. The molecule has 1 saturated heterocycles. The minimum Gasteiger partial charge on any atom is -0.482 e. The number of nitrogens with one attached hydrogen (secondary N) is 1. The zero-order valence-electron chi connectivity index (χ0n) is 17.5. The number of rotatable bonds is 6. The third-order valence-corrected chi connectivity index (χ3v) is 5.75. The van der Waals surface area contributed by atoms with E-state index in [0.29, 0.717) is 24.4 Å². The summed E-state index contributed by atoms with van der Waals surface area (Å²) in [5.74, 6) is 0.565. The van der Waals surface area contributed by atoms with Crippen molar-refractivity contribution in [3.63, 3.8) is 0 Å². The Morgan fingerprint density at radius 2 is 1.93 bits per heavy atom. The van der Waals surface area contributed by atoms with Gasteiger partial charge in [-0.3, -0.25) is 9.59 Å². The third kappa shape index (κ3) is 4.82. The van der Waals surface area contributed by atoms with Crippen LogP contribution in [0.1, 0.15) is 40.7 Å². The molecule has 0 aromatic heterocycles. The van der Waals surface area contributed by atoms with E-state index in [1.807, 2.05) is 49.4 Å². The first-order valence-electron chi connectivity index (χ1n) is 10.7. The molecule has 2 heterocycles. The van der Waals surface area contributed by atoms with Gasteiger partial charge in [-0.15, -0.1) is 0 Å². The first kappa shape index (κ1) is 20.4. The second-order valence-electron chi connectivity index (χ2n) is 8.10. The minimum absolute atomic E-state index is 0.0345. The highest BCUT2D eigenvalue weighted by molar-refractivity contribution is 5.98. The number of aryl methyl sites for hydroxylation is 1. The number of carbonyl (C=O) groups is 2. The summed E-state index contributed by atoms with van der Waals surface area (Å²) in [4.78, 5) is 29.2. The van der Waals surface area contributed by atoms with Gasteiger partial charge in [0.25, 0.3) is 11.8 Å². The highest BCUT2D eigenvalue weighted by Gasteiger charge is 2.25. The van der Waals surface area contributed by atoms with Gasteiger partial charge in [-0.1, -0.05) is 24.6 Å². The van der Waals surface area contributed by atoms with Crippen LogP contribution in [0.2, 0.25) is 0 Å². The SMILES string of the molecule is Cc1ccc2c(c1)N(Cc1cccc(C(=O)NCCN3CCCCC3)c1)C(=O)CO2. The van der Waals surface area contributed by atoms with Gasteiger partial charge in [-0.2, -0.15) is 0 Å². The summed E-state index contributed by atoms with van der Waals surface area (Å²) in [7, 11) is 0. The van der Waals surface area contributed by atoms with Crippen LogP contribution in [0.15, 0.2) is 42.5 Å². The van der Waals surface area contributed by atoms with Crippen LogP contribution in [-0.2, 0) is 11.3 Å². The van der Waals surface area contributed by atoms with E-state index in [2.05, 4.69) is 10.2 Å². The fraction of sp³-hybridized carbons (Fsp3) is 0.417. The maximum atomic E-state index is 12.6. The van der Waals surface area contributed by atoms with Crippen molar-refractivity contribution in [2.45, 2.75) is 32.7 Å². The van der Waals surface area contributed by atoms with E-state index in [0.717, 1.165) is 36.4 Å². The van der Waals surface area contributed by atoms with E-state index in [1.165, 1.54) is 19.3 Å². The lowest BCUT2D eigenvalue weighted by atomic mass is 10.1. The smallest absolute Gasteiger partial charge is 0.265 e. The summed E-state index contributed by atoms with van der Waals surface area (Å²) in [6.45, 7) is 6.23. The predicted molar refractivity (Wildman–Crippen MR) is 117 cm³/mol. The molecule has 4 rings (SSSR count). The summed E-state index contributed by atoms with van der Waals surface area (Å²) < 4.78 is 5.56. The van der Waals surface area contributed by atoms with Crippen LogP contribution in [0.3, 0.4) is 0 Å². The van der Waals surface area contributed by atoms with E-state index >= 15 is 0 Å². The Morgan fingerprint density at radius 3 is 2.77 bits per heavy atom. The number of hydrogen-bond donors (Lipinski definition) is 1. The maximum absolute atomic E-state index is 12.6. The number of carbonyl (C=O) groups excluding carboxylic acids is 2. The van der Waals surface area contributed by atoms with Crippen molar-refractivity contribution in [1.29, 1.82) is 0 Å². The van der Waals surface area contributed by atoms with Crippen LogP contribution < -0.4 is 15.0 Å². The van der Waals surface area contributed by atoms with Crippen molar-refractivity contribution in [3.8, 4) is 5.75 Å². The summed E-state index contributed by atoms with van der Waals surface area (Å²) in [5.41, 5.74) is 3.39.